The number of amides is 1. The van der Waals surface area contributed by atoms with Crippen LogP contribution in [0.4, 0.5) is 13.2 Å². The summed E-state index contributed by atoms with van der Waals surface area (Å²) in [6.45, 7) is 3.23. The fourth-order valence-electron chi connectivity index (χ4n) is 3.22. The summed E-state index contributed by atoms with van der Waals surface area (Å²) in [5, 5.41) is 10.2. The zero-order valence-electron chi connectivity index (χ0n) is 17.7. The van der Waals surface area contributed by atoms with Gasteiger partial charge in [0.1, 0.15) is 23.6 Å². The average molecular weight is 489 g/mol. The Bertz CT molecular complexity index is 1070. The van der Waals surface area contributed by atoms with Crippen LogP contribution >= 0.6 is 0 Å². The van der Waals surface area contributed by atoms with Gasteiger partial charge in [-0.05, 0) is 62.4 Å². The summed E-state index contributed by atoms with van der Waals surface area (Å²) in [4.78, 5) is 11.0. The summed E-state index contributed by atoms with van der Waals surface area (Å²) in [6.07, 6.45) is -5.24. The van der Waals surface area contributed by atoms with Crippen molar-refractivity contribution in [3.63, 3.8) is 0 Å². The quantitative estimate of drug-likeness (QED) is 0.343. The fraction of sp³-hybridized carbons (Fsp3) is 0.381. The number of nitrogens with zero attached hydrogens (tertiary/aromatic N) is 1. The Balaban J connectivity index is 1.72. The second-order valence-corrected chi connectivity index (χ2v) is 9.83. The molecule has 1 N–H and O–H groups in total. The minimum atomic E-state index is -4.47. The van der Waals surface area contributed by atoms with Crippen LogP contribution in [0.2, 0.25) is 0 Å². The lowest BCUT2D eigenvalue weighted by atomic mass is 10.2. The lowest BCUT2D eigenvalue weighted by Gasteiger charge is -2.27. The Morgan fingerprint density at radius 1 is 1.15 bits per heavy atom. The van der Waals surface area contributed by atoms with Gasteiger partial charge in [-0.2, -0.15) is 13.2 Å². The van der Waals surface area contributed by atoms with E-state index in [1.165, 1.54) is 24.3 Å². The molecule has 1 fully saturated rings. The topological polar surface area (TPSA) is 102 Å². The highest BCUT2D eigenvalue weighted by Crippen LogP contribution is 2.32. The van der Waals surface area contributed by atoms with E-state index in [4.69, 9.17) is 14.2 Å². The first-order valence-electron chi connectivity index (χ1n) is 9.73. The van der Waals surface area contributed by atoms with Gasteiger partial charge in [0.2, 0.25) is 6.41 Å². The van der Waals surface area contributed by atoms with Crippen LogP contribution in [-0.4, -0.2) is 55.4 Å². The van der Waals surface area contributed by atoms with Crippen LogP contribution in [0.5, 0.6) is 11.5 Å². The van der Waals surface area contributed by atoms with Crippen molar-refractivity contribution < 1.29 is 45.8 Å². The van der Waals surface area contributed by atoms with Gasteiger partial charge in [-0.3, -0.25) is 10.0 Å². The molecule has 1 aliphatic rings. The summed E-state index contributed by atoms with van der Waals surface area (Å²) in [5.74, 6) is -1.28. The van der Waals surface area contributed by atoms with E-state index < -0.39 is 45.3 Å². The number of benzene rings is 2. The van der Waals surface area contributed by atoms with E-state index in [1.54, 1.807) is 13.8 Å². The van der Waals surface area contributed by atoms with Gasteiger partial charge in [-0.15, -0.1) is 0 Å². The number of ether oxygens (including phenoxy) is 3. The molecule has 1 aliphatic heterocycles. The largest absolute Gasteiger partial charge is 0.457 e. The van der Waals surface area contributed by atoms with Crippen LogP contribution in [0.25, 0.3) is 0 Å². The number of hydrogen-bond donors (Lipinski definition) is 1. The zero-order chi connectivity index (χ0) is 24.4. The van der Waals surface area contributed by atoms with Crippen molar-refractivity contribution in [3.8, 4) is 11.5 Å². The van der Waals surface area contributed by atoms with Crippen molar-refractivity contribution in [1.82, 2.24) is 5.06 Å². The molecular formula is C21H22F3NO7S. The molecule has 2 aromatic rings. The van der Waals surface area contributed by atoms with Crippen molar-refractivity contribution in [3.05, 3.63) is 54.1 Å². The van der Waals surface area contributed by atoms with Gasteiger partial charge in [0.05, 0.1) is 22.8 Å². The molecule has 3 rings (SSSR count). The molecule has 0 aliphatic carbocycles. The summed E-state index contributed by atoms with van der Waals surface area (Å²) in [5.41, 5.74) is -0.820. The van der Waals surface area contributed by atoms with Crippen molar-refractivity contribution in [2.75, 3.05) is 12.4 Å². The SMILES string of the molecule is CC1(C)OC[C@H](C(CS(=O)(=O)c2ccc(Oc3ccc(C(F)(F)F)cc3)cc2)N(O)C=O)O1. The molecule has 8 nitrogen and oxygen atoms in total. The monoisotopic (exact) mass is 489 g/mol. The lowest BCUT2D eigenvalue weighted by molar-refractivity contribution is -0.182. The number of hydrogen-bond acceptors (Lipinski definition) is 7. The van der Waals surface area contributed by atoms with E-state index in [9.17, 15) is 31.6 Å². The highest BCUT2D eigenvalue weighted by molar-refractivity contribution is 7.91. The van der Waals surface area contributed by atoms with Gasteiger partial charge >= 0.3 is 6.18 Å². The van der Waals surface area contributed by atoms with Crippen LogP contribution < -0.4 is 4.74 Å². The summed E-state index contributed by atoms with van der Waals surface area (Å²) >= 11 is 0. The first-order valence-corrected chi connectivity index (χ1v) is 11.4. The van der Waals surface area contributed by atoms with Gasteiger partial charge in [-0.1, -0.05) is 0 Å². The second kappa shape index (κ2) is 9.29. The van der Waals surface area contributed by atoms with E-state index in [0.29, 0.717) is 0 Å². The molecule has 0 radical (unpaired) electrons. The number of sulfone groups is 1. The van der Waals surface area contributed by atoms with Gasteiger partial charge in [-0.25, -0.2) is 13.5 Å². The van der Waals surface area contributed by atoms with Crippen LogP contribution in [0, 0.1) is 0 Å². The van der Waals surface area contributed by atoms with Crippen molar-refractivity contribution in [2.24, 2.45) is 0 Å². The summed E-state index contributed by atoms with van der Waals surface area (Å²) in [6, 6.07) is 8.03. The third-order valence-electron chi connectivity index (χ3n) is 4.90. The maximum absolute atomic E-state index is 12.9. The molecule has 1 heterocycles. The van der Waals surface area contributed by atoms with Crippen LogP contribution in [-0.2, 0) is 30.3 Å². The molecule has 0 saturated carbocycles. The maximum Gasteiger partial charge on any atom is 0.416 e. The van der Waals surface area contributed by atoms with Gasteiger partial charge in [0, 0.05) is 0 Å². The van der Waals surface area contributed by atoms with Gasteiger partial charge in [0.15, 0.2) is 15.6 Å². The molecule has 1 amide bonds. The molecule has 2 aromatic carbocycles. The minimum Gasteiger partial charge on any atom is -0.457 e. The second-order valence-electron chi connectivity index (χ2n) is 7.80. The van der Waals surface area contributed by atoms with Crippen LogP contribution in [0.1, 0.15) is 19.4 Å². The zero-order valence-corrected chi connectivity index (χ0v) is 18.5. The molecule has 1 saturated heterocycles. The molecule has 0 aromatic heterocycles. The van der Waals surface area contributed by atoms with Crippen LogP contribution in [0.15, 0.2) is 53.4 Å². The van der Waals surface area contributed by atoms with Crippen molar-refractivity contribution in [2.45, 2.75) is 42.9 Å². The molecule has 0 spiro atoms. The Morgan fingerprint density at radius 2 is 1.70 bits per heavy atom. The first kappa shape index (κ1) is 25.0. The Morgan fingerprint density at radius 3 is 2.15 bits per heavy atom. The van der Waals surface area contributed by atoms with Gasteiger partial charge in [0.25, 0.3) is 0 Å². The Labute approximate surface area is 188 Å². The Kier molecular flexibility index (Phi) is 7.03. The molecule has 2 atom stereocenters. The highest BCUT2D eigenvalue weighted by Gasteiger charge is 2.42. The van der Waals surface area contributed by atoms with E-state index in [-0.39, 0.29) is 34.5 Å². The van der Waals surface area contributed by atoms with E-state index in [1.807, 2.05) is 0 Å². The average Bonchev–Trinajstić information content (AvgIpc) is 3.11. The van der Waals surface area contributed by atoms with Crippen molar-refractivity contribution in [1.29, 1.82) is 0 Å². The fourth-order valence-corrected chi connectivity index (χ4v) is 4.78. The third kappa shape index (κ3) is 6.22. The van der Waals surface area contributed by atoms with Crippen molar-refractivity contribution >= 4 is 16.2 Å². The predicted octanol–water partition coefficient (Wildman–Crippen LogP) is 3.64. The molecule has 180 valence electrons. The van der Waals surface area contributed by atoms with E-state index in [0.717, 1.165) is 24.3 Å². The molecule has 1 unspecified atom stereocenters. The standard InChI is InChI=1S/C21H22F3NO7S/c1-20(2)30-11-19(32-20)18(25(27)13-26)12-33(28,29)17-9-7-16(8-10-17)31-15-5-3-14(4-6-15)21(22,23)24/h3-10,13,18-19,27H,11-12H2,1-2H3/t18?,19-/m1/s1. The molecular weight excluding hydrogens is 467 g/mol. The molecule has 33 heavy (non-hydrogen) atoms. The lowest BCUT2D eigenvalue weighted by Crippen LogP contribution is -2.47. The number of rotatable bonds is 8. The van der Waals surface area contributed by atoms with Crippen LogP contribution in [0.3, 0.4) is 0 Å². The summed E-state index contributed by atoms with van der Waals surface area (Å²) < 4.78 is 80.2. The normalized spacial score (nSPS) is 19.2. The summed E-state index contributed by atoms with van der Waals surface area (Å²) in [7, 11) is -3.98. The van der Waals surface area contributed by atoms with E-state index >= 15 is 0 Å². The molecule has 12 heteroatoms. The smallest absolute Gasteiger partial charge is 0.416 e. The number of carbonyl (C=O) groups is 1. The van der Waals surface area contributed by atoms with E-state index in [2.05, 4.69) is 0 Å². The number of carbonyl (C=O) groups excluding carboxylic acids is 1. The van der Waals surface area contributed by atoms with Gasteiger partial charge < -0.3 is 14.2 Å². The first-order chi connectivity index (χ1) is 15.3. The number of hydroxylamine groups is 2. The predicted molar refractivity (Wildman–Crippen MR) is 108 cm³/mol. The Hall–Kier alpha value is -2.67. The third-order valence-corrected chi connectivity index (χ3v) is 6.67. The highest BCUT2D eigenvalue weighted by atomic mass is 32.2. The molecule has 0 bridgehead atoms. The number of alkyl halides is 3. The minimum absolute atomic E-state index is 0.0159. The maximum atomic E-state index is 12.9. The number of halogens is 3.